The number of carbonyl (C=O) groups is 1. The summed E-state index contributed by atoms with van der Waals surface area (Å²) >= 11 is 0. The summed E-state index contributed by atoms with van der Waals surface area (Å²) in [5.74, 6) is 0.895. The highest BCUT2D eigenvalue weighted by atomic mass is 16.5. The Morgan fingerprint density at radius 2 is 2.35 bits per heavy atom. The van der Waals surface area contributed by atoms with Gasteiger partial charge in [-0.25, -0.2) is 4.79 Å². The van der Waals surface area contributed by atoms with Crippen molar-refractivity contribution in [3.05, 3.63) is 41.2 Å². The summed E-state index contributed by atoms with van der Waals surface area (Å²) in [4.78, 5) is 12.0. The number of anilines is 1. The number of ether oxygens (including phenoxy) is 2. The third-order valence-corrected chi connectivity index (χ3v) is 3.57. The normalized spacial score (nSPS) is 15.8. The molecule has 0 fully saturated rings. The number of amides is 2. The van der Waals surface area contributed by atoms with Crippen LogP contribution in [0.5, 0.6) is 5.75 Å². The number of carbonyl (C=O) groups excluding carboxylic acids is 1. The first-order valence-electron chi connectivity index (χ1n) is 7.50. The molecule has 1 atom stereocenters. The third-order valence-electron chi connectivity index (χ3n) is 3.57. The van der Waals surface area contributed by atoms with Crippen LogP contribution in [0.25, 0.3) is 0 Å². The van der Waals surface area contributed by atoms with E-state index in [2.05, 4.69) is 20.8 Å². The number of H-pyrrole nitrogens is 1. The van der Waals surface area contributed by atoms with Crippen LogP contribution in [-0.4, -0.2) is 29.4 Å². The molecule has 7 heteroatoms. The summed E-state index contributed by atoms with van der Waals surface area (Å²) in [6.45, 7) is 2.84. The number of aromatic nitrogens is 2. The predicted octanol–water partition coefficient (Wildman–Crippen LogP) is 2.20. The third kappa shape index (κ3) is 3.81. The molecule has 2 heterocycles. The summed E-state index contributed by atoms with van der Waals surface area (Å²) in [5, 5.41) is 12.5. The predicted molar refractivity (Wildman–Crippen MR) is 85.4 cm³/mol. The molecule has 7 nitrogen and oxygen atoms in total. The molecule has 3 rings (SSSR count). The van der Waals surface area contributed by atoms with E-state index in [1.165, 1.54) is 0 Å². The van der Waals surface area contributed by atoms with Gasteiger partial charge in [0.1, 0.15) is 11.9 Å². The topological polar surface area (TPSA) is 88.3 Å². The number of nitrogens with one attached hydrogen (secondary N) is 3. The molecule has 1 aromatic heterocycles. The summed E-state index contributed by atoms with van der Waals surface area (Å²) in [5.41, 5.74) is 3.50. The standard InChI is InChI=1S/C16H20N4O3/c1-10-5-11-6-12(3-4-15(11)23-10)18-16(21)17-8-13-7-14(9-22-2)20-19-13/h3-4,6-7,10H,5,8-9H2,1-2H3,(H,19,20)(H2,17,18,21). The fraction of sp³-hybridized carbons (Fsp3) is 0.375. The van der Waals surface area contributed by atoms with Crippen LogP contribution in [-0.2, 0) is 24.3 Å². The quantitative estimate of drug-likeness (QED) is 0.789. The number of rotatable bonds is 5. The molecular formula is C16H20N4O3. The molecule has 3 N–H and O–H groups in total. The average Bonchev–Trinajstić information content (AvgIpc) is 3.10. The van der Waals surface area contributed by atoms with Crippen molar-refractivity contribution in [2.24, 2.45) is 0 Å². The molecule has 1 aliphatic rings. The van der Waals surface area contributed by atoms with Crippen LogP contribution in [0.4, 0.5) is 10.5 Å². The molecule has 0 spiro atoms. The summed E-state index contributed by atoms with van der Waals surface area (Å²) < 4.78 is 10.6. The van der Waals surface area contributed by atoms with Gasteiger partial charge in [-0.15, -0.1) is 0 Å². The zero-order valence-electron chi connectivity index (χ0n) is 13.2. The SMILES string of the molecule is COCc1cc(CNC(=O)Nc2ccc3c(c2)CC(C)O3)[nH]n1. The van der Waals surface area contributed by atoms with Crippen LogP contribution in [0, 0.1) is 0 Å². The van der Waals surface area contributed by atoms with Crippen molar-refractivity contribution in [2.45, 2.75) is 32.6 Å². The van der Waals surface area contributed by atoms with Crippen molar-refractivity contribution in [3.63, 3.8) is 0 Å². The zero-order valence-corrected chi connectivity index (χ0v) is 13.2. The van der Waals surface area contributed by atoms with E-state index in [1.807, 2.05) is 31.2 Å². The number of methoxy groups -OCH3 is 1. The molecule has 2 aromatic rings. The molecular weight excluding hydrogens is 296 g/mol. The molecule has 0 radical (unpaired) electrons. The summed E-state index contributed by atoms with van der Waals surface area (Å²) in [6.07, 6.45) is 1.05. The Hall–Kier alpha value is -2.54. The van der Waals surface area contributed by atoms with Crippen molar-refractivity contribution in [1.29, 1.82) is 0 Å². The smallest absolute Gasteiger partial charge is 0.319 e. The average molecular weight is 316 g/mol. The lowest BCUT2D eigenvalue weighted by atomic mass is 10.1. The van der Waals surface area contributed by atoms with E-state index in [-0.39, 0.29) is 12.1 Å². The maximum atomic E-state index is 12.0. The highest BCUT2D eigenvalue weighted by Gasteiger charge is 2.19. The Balaban J connectivity index is 1.52. The van der Waals surface area contributed by atoms with Crippen molar-refractivity contribution in [3.8, 4) is 5.75 Å². The molecule has 0 saturated heterocycles. The number of hydrogen-bond acceptors (Lipinski definition) is 4. The Kier molecular flexibility index (Phi) is 4.47. The second kappa shape index (κ2) is 6.70. The zero-order chi connectivity index (χ0) is 16.2. The summed E-state index contributed by atoms with van der Waals surface area (Å²) in [6, 6.07) is 7.27. The minimum Gasteiger partial charge on any atom is -0.490 e. The minimum absolute atomic E-state index is 0.191. The highest BCUT2D eigenvalue weighted by molar-refractivity contribution is 5.89. The number of aromatic amines is 1. The van der Waals surface area contributed by atoms with Gasteiger partial charge in [0.15, 0.2) is 0 Å². The Morgan fingerprint density at radius 1 is 1.48 bits per heavy atom. The van der Waals surface area contributed by atoms with E-state index in [9.17, 15) is 4.79 Å². The number of urea groups is 1. The second-order valence-electron chi connectivity index (χ2n) is 5.58. The number of fused-ring (bicyclic) bond motifs is 1. The molecule has 0 bridgehead atoms. The van der Waals surface area contributed by atoms with E-state index < -0.39 is 0 Å². The molecule has 0 saturated carbocycles. The van der Waals surface area contributed by atoms with Gasteiger partial charge in [0.05, 0.1) is 24.5 Å². The van der Waals surface area contributed by atoms with Gasteiger partial charge >= 0.3 is 6.03 Å². The van der Waals surface area contributed by atoms with Crippen LogP contribution in [0.2, 0.25) is 0 Å². The molecule has 122 valence electrons. The number of benzene rings is 1. The fourth-order valence-electron chi connectivity index (χ4n) is 2.57. The van der Waals surface area contributed by atoms with Gasteiger partial charge in [-0.3, -0.25) is 5.10 Å². The van der Waals surface area contributed by atoms with Crippen LogP contribution in [0.1, 0.15) is 23.9 Å². The van der Waals surface area contributed by atoms with Crippen LogP contribution in [0.3, 0.4) is 0 Å². The summed E-state index contributed by atoms with van der Waals surface area (Å²) in [7, 11) is 1.61. The van der Waals surface area contributed by atoms with E-state index in [4.69, 9.17) is 9.47 Å². The van der Waals surface area contributed by atoms with Gasteiger partial charge in [0.2, 0.25) is 0 Å². The van der Waals surface area contributed by atoms with Crippen molar-refractivity contribution in [2.75, 3.05) is 12.4 Å². The molecule has 23 heavy (non-hydrogen) atoms. The minimum atomic E-state index is -0.264. The number of hydrogen-bond donors (Lipinski definition) is 3. The van der Waals surface area contributed by atoms with E-state index in [1.54, 1.807) is 7.11 Å². The van der Waals surface area contributed by atoms with Gasteiger partial charge < -0.3 is 20.1 Å². The van der Waals surface area contributed by atoms with Gasteiger partial charge in [-0.2, -0.15) is 5.10 Å². The largest absolute Gasteiger partial charge is 0.490 e. The Labute approximate surface area is 134 Å². The molecule has 1 aromatic carbocycles. The maximum Gasteiger partial charge on any atom is 0.319 e. The molecule has 2 amide bonds. The van der Waals surface area contributed by atoms with E-state index in [0.29, 0.717) is 13.2 Å². The van der Waals surface area contributed by atoms with Crippen molar-refractivity contribution < 1.29 is 14.3 Å². The fourth-order valence-corrected chi connectivity index (χ4v) is 2.57. The van der Waals surface area contributed by atoms with Crippen LogP contribution < -0.4 is 15.4 Å². The molecule has 1 unspecified atom stereocenters. The lowest BCUT2D eigenvalue weighted by Crippen LogP contribution is -2.28. The first-order chi connectivity index (χ1) is 11.1. The lowest BCUT2D eigenvalue weighted by molar-refractivity contribution is 0.181. The maximum absolute atomic E-state index is 12.0. The molecule has 1 aliphatic heterocycles. The van der Waals surface area contributed by atoms with Crippen molar-refractivity contribution in [1.82, 2.24) is 15.5 Å². The van der Waals surface area contributed by atoms with Gasteiger partial charge in [0.25, 0.3) is 0 Å². The van der Waals surface area contributed by atoms with E-state index in [0.717, 1.165) is 34.8 Å². The van der Waals surface area contributed by atoms with Crippen molar-refractivity contribution >= 4 is 11.7 Å². The van der Waals surface area contributed by atoms with Gasteiger partial charge in [-0.1, -0.05) is 0 Å². The van der Waals surface area contributed by atoms with E-state index >= 15 is 0 Å². The van der Waals surface area contributed by atoms with Gasteiger partial charge in [0, 0.05) is 19.2 Å². The Bertz CT molecular complexity index is 698. The highest BCUT2D eigenvalue weighted by Crippen LogP contribution is 2.30. The number of nitrogens with zero attached hydrogens (tertiary/aromatic N) is 1. The first kappa shape index (κ1) is 15.4. The monoisotopic (exact) mass is 316 g/mol. The lowest BCUT2D eigenvalue weighted by Gasteiger charge is -2.08. The molecule has 0 aliphatic carbocycles. The Morgan fingerprint density at radius 3 is 3.17 bits per heavy atom. The van der Waals surface area contributed by atoms with Crippen LogP contribution in [0.15, 0.2) is 24.3 Å². The first-order valence-corrected chi connectivity index (χ1v) is 7.50. The van der Waals surface area contributed by atoms with Gasteiger partial charge in [-0.05, 0) is 36.8 Å². The second-order valence-corrected chi connectivity index (χ2v) is 5.58. The van der Waals surface area contributed by atoms with Crippen LogP contribution >= 0.6 is 0 Å².